The highest BCUT2D eigenvalue weighted by molar-refractivity contribution is 5.89. The highest BCUT2D eigenvalue weighted by Crippen LogP contribution is 2.23. The minimum absolute atomic E-state index is 0.294. The fourth-order valence-corrected chi connectivity index (χ4v) is 2.11. The predicted octanol–water partition coefficient (Wildman–Crippen LogP) is 4.53. The lowest BCUT2D eigenvalue weighted by Gasteiger charge is -2.06. The molecule has 104 valence electrons. The Morgan fingerprint density at radius 3 is 2.35 bits per heavy atom. The molecular formula is C17H17FO2. The molecule has 0 radical (unpaired) electrons. The number of rotatable bonds is 5. The van der Waals surface area contributed by atoms with Crippen LogP contribution in [0.15, 0.2) is 42.5 Å². The van der Waals surface area contributed by atoms with Crippen molar-refractivity contribution in [3.8, 4) is 11.1 Å². The van der Waals surface area contributed by atoms with Gasteiger partial charge < -0.3 is 5.11 Å². The molecule has 2 rings (SSSR count). The second-order valence-corrected chi connectivity index (χ2v) is 4.80. The maximum Gasteiger partial charge on any atom is 0.338 e. The van der Waals surface area contributed by atoms with Crippen molar-refractivity contribution < 1.29 is 14.3 Å². The zero-order chi connectivity index (χ0) is 14.5. The average Bonchev–Trinajstić information content (AvgIpc) is 2.46. The van der Waals surface area contributed by atoms with Crippen LogP contribution in [0.25, 0.3) is 11.1 Å². The monoisotopic (exact) mass is 272 g/mol. The third kappa shape index (κ3) is 3.23. The Bertz CT molecular complexity index is 603. The van der Waals surface area contributed by atoms with Gasteiger partial charge in [-0.1, -0.05) is 43.7 Å². The van der Waals surface area contributed by atoms with Crippen molar-refractivity contribution in [1.82, 2.24) is 0 Å². The van der Waals surface area contributed by atoms with Crippen LogP contribution < -0.4 is 0 Å². The van der Waals surface area contributed by atoms with Crippen LogP contribution in [-0.2, 0) is 6.42 Å². The van der Waals surface area contributed by atoms with Gasteiger partial charge in [0.15, 0.2) is 0 Å². The van der Waals surface area contributed by atoms with Crippen LogP contribution in [0.1, 0.15) is 35.7 Å². The van der Waals surface area contributed by atoms with Gasteiger partial charge in [0, 0.05) is 0 Å². The lowest BCUT2D eigenvalue weighted by molar-refractivity contribution is 0.0692. The average molecular weight is 272 g/mol. The molecule has 0 saturated heterocycles. The van der Waals surface area contributed by atoms with E-state index in [0.29, 0.717) is 5.56 Å². The van der Waals surface area contributed by atoms with E-state index >= 15 is 0 Å². The minimum Gasteiger partial charge on any atom is -0.478 e. The van der Waals surface area contributed by atoms with E-state index in [-0.39, 0.29) is 5.56 Å². The topological polar surface area (TPSA) is 37.3 Å². The quantitative estimate of drug-likeness (QED) is 0.868. The zero-order valence-electron chi connectivity index (χ0n) is 11.4. The summed E-state index contributed by atoms with van der Waals surface area (Å²) in [5.41, 5.74) is 2.58. The highest BCUT2D eigenvalue weighted by atomic mass is 19.1. The van der Waals surface area contributed by atoms with Gasteiger partial charge in [-0.2, -0.15) is 0 Å². The molecule has 0 unspecified atom stereocenters. The first-order valence-corrected chi connectivity index (χ1v) is 6.74. The van der Waals surface area contributed by atoms with E-state index in [4.69, 9.17) is 5.11 Å². The maximum absolute atomic E-state index is 13.4. The molecule has 2 aromatic rings. The van der Waals surface area contributed by atoms with Gasteiger partial charge >= 0.3 is 5.97 Å². The second-order valence-electron chi connectivity index (χ2n) is 4.80. The van der Waals surface area contributed by atoms with Gasteiger partial charge in [0.2, 0.25) is 0 Å². The van der Waals surface area contributed by atoms with E-state index in [1.807, 2.05) is 24.3 Å². The van der Waals surface area contributed by atoms with Crippen LogP contribution in [0.4, 0.5) is 4.39 Å². The van der Waals surface area contributed by atoms with Gasteiger partial charge in [-0.25, -0.2) is 9.18 Å². The molecule has 20 heavy (non-hydrogen) atoms. The standard InChI is InChI=1S/C17H17FO2/c1-2-3-4-12-5-7-13(8-6-12)14-9-10-16(18)15(11-14)17(19)20/h5-11H,2-4H2,1H3,(H,19,20). The summed E-state index contributed by atoms with van der Waals surface area (Å²) in [6, 6.07) is 12.1. The van der Waals surface area contributed by atoms with Crippen molar-refractivity contribution in [3.05, 3.63) is 59.4 Å². The second kappa shape index (κ2) is 6.33. The van der Waals surface area contributed by atoms with Crippen molar-refractivity contribution in [2.75, 3.05) is 0 Å². The van der Waals surface area contributed by atoms with E-state index in [0.717, 1.165) is 24.8 Å². The van der Waals surface area contributed by atoms with E-state index in [1.54, 1.807) is 6.07 Å². The third-order valence-electron chi connectivity index (χ3n) is 3.30. The van der Waals surface area contributed by atoms with Crippen molar-refractivity contribution in [2.45, 2.75) is 26.2 Å². The molecule has 0 fully saturated rings. The Hall–Kier alpha value is -2.16. The predicted molar refractivity (Wildman–Crippen MR) is 77.4 cm³/mol. The molecule has 0 saturated carbocycles. The van der Waals surface area contributed by atoms with E-state index in [1.165, 1.54) is 17.7 Å². The molecule has 2 nitrogen and oxygen atoms in total. The Balaban J connectivity index is 2.27. The SMILES string of the molecule is CCCCc1ccc(-c2ccc(F)c(C(=O)O)c2)cc1. The third-order valence-corrected chi connectivity index (χ3v) is 3.30. The summed E-state index contributed by atoms with van der Waals surface area (Å²) in [6.07, 6.45) is 3.35. The van der Waals surface area contributed by atoms with Crippen LogP contribution >= 0.6 is 0 Å². The number of carboxylic acids is 1. The van der Waals surface area contributed by atoms with Gasteiger partial charge in [0.05, 0.1) is 5.56 Å². The Morgan fingerprint density at radius 1 is 1.10 bits per heavy atom. The molecule has 0 spiro atoms. The summed E-state index contributed by atoms with van der Waals surface area (Å²) in [6.45, 7) is 2.15. The Labute approximate surface area is 117 Å². The number of benzene rings is 2. The molecule has 2 aromatic carbocycles. The molecule has 0 bridgehead atoms. The van der Waals surface area contributed by atoms with Gasteiger partial charge in [-0.05, 0) is 41.7 Å². The Morgan fingerprint density at radius 2 is 1.75 bits per heavy atom. The fraction of sp³-hybridized carbons (Fsp3) is 0.235. The summed E-state index contributed by atoms with van der Waals surface area (Å²) < 4.78 is 13.4. The summed E-state index contributed by atoms with van der Waals surface area (Å²) >= 11 is 0. The number of aryl methyl sites for hydroxylation is 1. The number of hydrogen-bond acceptors (Lipinski definition) is 1. The molecule has 0 heterocycles. The van der Waals surface area contributed by atoms with Crippen molar-refractivity contribution in [3.63, 3.8) is 0 Å². The smallest absolute Gasteiger partial charge is 0.338 e. The molecular weight excluding hydrogens is 255 g/mol. The van der Waals surface area contributed by atoms with Crippen LogP contribution in [0, 0.1) is 5.82 Å². The first-order chi connectivity index (χ1) is 9.61. The van der Waals surface area contributed by atoms with E-state index in [9.17, 15) is 9.18 Å². The number of hydrogen-bond donors (Lipinski definition) is 1. The summed E-state index contributed by atoms with van der Waals surface area (Å²) in [7, 11) is 0. The Kier molecular flexibility index (Phi) is 4.51. The van der Waals surface area contributed by atoms with E-state index in [2.05, 4.69) is 6.92 Å². The maximum atomic E-state index is 13.4. The molecule has 0 atom stereocenters. The minimum atomic E-state index is -1.25. The van der Waals surface area contributed by atoms with Crippen molar-refractivity contribution in [2.24, 2.45) is 0 Å². The summed E-state index contributed by atoms with van der Waals surface area (Å²) in [5.74, 6) is -1.95. The summed E-state index contributed by atoms with van der Waals surface area (Å²) in [4.78, 5) is 10.9. The largest absolute Gasteiger partial charge is 0.478 e. The van der Waals surface area contributed by atoms with Gasteiger partial charge in [0.1, 0.15) is 5.82 Å². The molecule has 0 aliphatic rings. The molecule has 0 aliphatic carbocycles. The number of aromatic carboxylic acids is 1. The molecule has 0 amide bonds. The lowest BCUT2D eigenvalue weighted by atomic mass is 10.00. The normalized spacial score (nSPS) is 10.5. The first kappa shape index (κ1) is 14.3. The molecule has 1 N–H and O–H groups in total. The van der Waals surface area contributed by atoms with E-state index < -0.39 is 11.8 Å². The van der Waals surface area contributed by atoms with Crippen molar-refractivity contribution in [1.29, 1.82) is 0 Å². The zero-order valence-corrected chi connectivity index (χ0v) is 11.4. The summed E-state index contributed by atoms with van der Waals surface area (Å²) in [5, 5.41) is 8.94. The van der Waals surface area contributed by atoms with Crippen LogP contribution in [0.3, 0.4) is 0 Å². The van der Waals surface area contributed by atoms with Gasteiger partial charge in [0.25, 0.3) is 0 Å². The number of carbonyl (C=O) groups is 1. The van der Waals surface area contributed by atoms with Gasteiger partial charge in [-0.15, -0.1) is 0 Å². The first-order valence-electron chi connectivity index (χ1n) is 6.74. The number of halogens is 1. The fourth-order valence-electron chi connectivity index (χ4n) is 2.11. The molecule has 0 aromatic heterocycles. The van der Waals surface area contributed by atoms with Gasteiger partial charge in [-0.3, -0.25) is 0 Å². The molecule has 0 aliphatic heterocycles. The van der Waals surface area contributed by atoms with Crippen LogP contribution in [0.2, 0.25) is 0 Å². The highest BCUT2D eigenvalue weighted by Gasteiger charge is 2.11. The molecule has 3 heteroatoms. The number of unbranched alkanes of at least 4 members (excludes halogenated alkanes) is 1. The van der Waals surface area contributed by atoms with Crippen LogP contribution in [0.5, 0.6) is 0 Å². The lowest BCUT2D eigenvalue weighted by Crippen LogP contribution is -2.00. The van der Waals surface area contributed by atoms with Crippen LogP contribution in [-0.4, -0.2) is 11.1 Å². The van der Waals surface area contributed by atoms with Crippen molar-refractivity contribution >= 4 is 5.97 Å². The number of carboxylic acid groups (broad SMARTS) is 1.